The molecule has 0 radical (unpaired) electrons. The zero-order valence-electron chi connectivity index (χ0n) is 12.5. The standard InChI is InChI=1S/C17H21NO2S/c1-10-3-7-14(8-4-10)21(19,20)18-11(2)15-16-12-5-6-13(9-12)17(15)16/h3-4,7-8,12-13,15-17H,5-6,9H2,1-2H3/b18-11+. The fourth-order valence-corrected chi connectivity index (χ4v) is 5.98. The molecule has 0 saturated heterocycles. The fraction of sp³-hybridized carbons (Fsp3) is 0.588. The van der Waals surface area contributed by atoms with E-state index in [0.29, 0.717) is 10.8 Å². The van der Waals surface area contributed by atoms with Gasteiger partial charge in [0.25, 0.3) is 10.0 Å². The van der Waals surface area contributed by atoms with Crippen LogP contribution in [-0.2, 0) is 10.0 Å². The molecule has 112 valence electrons. The van der Waals surface area contributed by atoms with Crippen LogP contribution in [0.1, 0.15) is 31.7 Å². The molecule has 1 aromatic carbocycles. The van der Waals surface area contributed by atoms with Gasteiger partial charge in [-0.25, -0.2) is 0 Å². The van der Waals surface area contributed by atoms with Gasteiger partial charge >= 0.3 is 0 Å². The monoisotopic (exact) mass is 303 g/mol. The highest BCUT2D eigenvalue weighted by molar-refractivity contribution is 7.90. The molecule has 0 N–H and O–H groups in total. The molecule has 4 atom stereocenters. The van der Waals surface area contributed by atoms with E-state index in [9.17, 15) is 8.42 Å². The van der Waals surface area contributed by atoms with Gasteiger partial charge in [-0.1, -0.05) is 17.7 Å². The Hall–Kier alpha value is -1.16. The Morgan fingerprint density at radius 1 is 1.10 bits per heavy atom. The van der Waals surface area contributed by atoms with E-state index in [0.717, 1.165) is 34.9 Å². The van der Waals surface area contributed by atoms with Crippen molar-refractivity contribution >= 4 is 15.7 Å². The molecule has 0 spiro atoms. The number of benzene rings is 1. The first-order chi connectivity index (χ1) is 9.97. The molecular weight excluding hydrogens is 282 g/mol. The van der Waals surface area contributed by atoms with Gasteiger partial charge in [0, 0.05) is 11.6 Å². The van der Waals surface area contributed by atoms with Gasteiger partial charge in [-0.05, 0) is 68.9 Å². The van der Waals surface area contributed by atoms with E-state index < -0.39 is 10.0 Å². The Bertz CT molecular complexity index is 689. The molecule has 2 bridgehead atoms. The van der Waals surface area contributed by atoms with Crippen molar-refractivity contribution in [2.75, 3.05) is 0 Å². The summed E-state index contributed by atoms with van der Waals surface area (Å²) in [5.41, 5.74) is 1.89. The van der Waals surface area contributed by atoms with Gasteiger partial charge in [-0.2, -0.15) is 12.8 Å². The predicted octanol–water partition coefficient (Wildman–Crippen LogP) is 3.44. The van der Waals surface area contributed by atoms with Crippen molar-refractivity contribution in [1.82, 2.24) is 0 Å². The van der Waals surface area contributed by atoms with Crippen LogP contribution in [-0.4, -0.2) is 14.1 Å². The average molecular weight is 303 g/mol. The van der Waals surface area contributed by atoms with Gasteiger partial charge < -0.3 is 0 Å². The van der Waals surface area contributed by atoms with Crippen LogP contribution >= 0.6 is 0 Å². The first-order valence-corrected chi connectivity index (χ1v) is 9.29. The van der Waals surface area contributed by atoms with Crippen molar-refractivity contribution < 1.29 is 8.42 Å². The Balaban J connectivity index is 1.58. The normalized spacial score (nSPS) is 37.6. The van der Waals surface area contributed by atoms with Crippen LogP contribution in [0.4, 0.5) is 0 Å². The van der Waals surface area contributed by atoms with E-state index in [1.807, 2.05) is 26.0 Å². The summed E-state index contributed by atoms with van der Waals surface area (Å²) in [4.78, 5) is 0.307. The van der Waals surface area contributed by atoms with Crippen LogP contribution in [0.3, 0.4) is 0 Å². The quantitative estimate of drug-likeness (QED) is 0.803. The van der Waals surface area contributed by atoms with E-state index >= 15 is 0 Å². The highest BCUT2D eigenvalue weighted by atomic mass is 32.2. The third-order valence-corrected chi connectivity index (χ3v) is 7.20. The Morgan fingerprint density at radius 2 is 1.67 bits per heavy atom. The largest absolute Gasteiger partial charge is 0.282 e. The minimum Gasteiger partial charge on any atom is -0.199 e. The molecule has 4 heteroatoms. The van der Waals surface area contributed by atoms with Crippen molar-refractivity contribution in [2.45, 2.75) is 38.0 Å². The zero-order chi connectivity index (χ0) is 14.8. The molecule has 21 heavy (non-hydrogen) atoms. The van der Waals surface area contributed by atoms with E-state index in [-0.39, 0.29) is 0 Å². The zero-order valence-corrected chi connectivity index (χ0v) is 13.3. The topological polar surface area (TPSA) is 46.5 Å². The second kappa shape index (κ2) is 4.42. The Kier molecular flexibility index (Phi) is 2.84. The minimum atomic E-state index is -3.54. The van der Waals surface area contributed by atoms with Crippen LogP contribution < -0.4 is 0 Å². The first-order valence-electron chi connectivity index (χ1n) is 7.85. The summed E-state index contributed by atoms with van der Waals surface area (Å²) >= 11 is 0. The van der Waals surface area contributed by atoms with Crippen LogP contribution in [0, 0.1) is 36.5 Å². The molecule has 3 aliphatic carbocycles. The maximum atomic E-state index is 12.4. The molecule has 3 saturated carbocycles. The third-order valence-electron chi connectivity index (χ3n) is 5.80. The number of sulfonamides is 1. The van der Waals surface area contributed by atoms with Crippen LogP contribution in [0.25, 0.3) is 0 Å². The van der Waals surface area contributed by atoms with Gasteiger partial charge in [0.15, 0.2) is 0 Å². The lowest BCUT2D eigenvalue weighted by molar-refractivity contribution is 0.456. The number of rotatable bonds is 3. The Labute approximate surface area is 126 Å². The summed E-state index contributed by atoms with van der Waals surface area (Å²) in [6, 6.07) is 6.95. The first kappa shape index (κ1) is 13.5. The molecule has 0 aliphatic heterocycles. The van der Waals surface area contributed by atoms with Crippen molar-refractivity contribution in [3.05, 3.63) is 29.8 Å². The molecule has 3 fully saturated rings. The van der Waals surface area contributed by atoms with Crippen molar-refractivity contribution in [3.63, 3.8) is 0 Å². The third kappa shape index (κ3) is 2.07. The molecule has 4 rings (SSSR count). The number of hydrogen-bond donors (Lipinski definition) is 0. The van der Waals surface area contributed by atoms with Gasteiger partial charge in [0.2, 0.25) is 0 Å². The lowest BCUT2D eigenvalue weighted by atomic mass is 10.0. The van der Waals surface area contributed by atoms with Gasteiger partial charge in [0.1, 0.15) is 0 Å². The molecule has 4 unspecified atom stereocenters. The number of hydrogen-bond acceptors (Lipinski definition) is 2. The summed E-state index contributed by atoms with van der Waals surface area (Å²) in [6.45, 7) is 3.86. The molecular formula is C17H21NO2S. The summed E-state index contributed by atoms with van der Waals surface area (Å²) in [6.07, 6.45) is 4.07. The lowest BCUT2D eigenvalue weighted by Crippen LogP contribution is -2.09. The van der Waals surface area contributed by atoms with Crippen LogP contribution in [0.5, 0.6) is 0 Å². The number of aryl methyl sites for hydroxylation is 1. The molecule has 1 aromatic rings. The van der Waals surface area contributed by atoms with Crippen LogP contribution in [0.15, 0.2) is 33.6 Å². The number of fused-ring (bicyclic) bond motifs is 5. The minimum absolute atomic E-state index is 0.307. The van der Waals surface area contributed by atoms with Crippen LogP contribution in [0.2, 0.25) is 0 Å². The number of nitrogens with zero attached hydrogens (tertiary/aromatic N) is 1. The average Bonchev–Trinajstić information content (AvgIpc) is 2.88. The molecule has 0 amide bonds. The van der Waals surface area contributed by atoms with Gasteiger partial charge in [-0.15, -0.1) is 0 Å². The van der Waals surface area contributed by atoms with E-state index in [1.165, 1.54) is 19.3 Å². The SMILES string of the molecule is C/C(=N\S(=O)(=O)c1ccc(C)cc1)C1C2C3CCC(C3)C12. The highest BCUT2D eigenvalue weighted by Crippen LogP contribution is 2.69. The van der Waals surface area contributed by atoms with E-state index in [4.69, 9.17) is 0 Å². The smallest absolute Gasteiger partial charge is 0.199 e. The second-order valence-electron chi connectivity index (χ2n) is 7.03. The lowest BCUT2D eigenvalue weighted by Gasteiger charge is -2.08. The summed E-state index contributed by atoms with van der Waals surface area (Å²) in [5.74, 6) is 3.60. The van der Waals surface area contributed by atoms with Crippen molar-refractivity contribution in [2.24, 2.45) is 34.0 Å². The van der Waals surface area contributed by atoms with Crippen molar-refractivity contribution in [3.8, 4) is 0 Å². The Morgan fingerprint density at radius 3 is 2.24 bits per heavy atom. The summed E-state index contributed by atoms with van der Waals surface area (Å²) in [7, 11) is -3.54. The fourth-order valence-electron chi connectivity index (χ4n) is 4.90. The molecule has 0 aromatic heterocycles. The molecule has 0 heterocycles. The maximum Gasteiger partial charge on any atom is 0.282 e. The summed E-state index contributed by atoms with van der Waals surface area (Å²) in [5, 5.41) is 0. The van der Waals surface area contributed by atoms with Crippen molar-refractivity contribution in [1.29, 1.82) is 0 Å². The predicted molar refractivity (Wildman–Crippen MR) is 82.8 cm³/mol. The molecule has 3 nitrogen and oxygen atoms in total. The molecule has 3 aliphatic rings. The van der Waals surface area contributed by atoms with E-state index in [1.54, 1.807) is 12.1 Å². The maximum absolute atomic E-state index is 12.4. The van der Waals surface area contributed by atoms with Gasteiger partial charge in [-0.3, -0.25) is 0 Å². The highest BCUT2D eigenvalue weighted by Gasteiger charge is 2.65. The van der Waals surface area contributed by atoms with E-state index in [2.05, 4.69) is 4.40 Å². The second-order valence-corrected chi connectivity index (χ2v) is 8.64. The van der Waals surface area contributed by atoms with Gasteiger partial charge in [0.05, 0.1) is 4.90 Å². The summed E-state index contributed by atoms with van der Waals surface area (Å²) < 4.78 is 28.9.